The van der Waals surface area contributed by atoms with E-state index in [2.05, 4.69) is 21.8 Å². The van der Waals surface area contributed by atoms with E-state index in [-0.39, 0.29) is 5.92 Å². The van der Waals surface area contributed by atoms with Gasteiger partial charge in [0, 0.05) is 24.4 Å². The number of nitrogens with zero attached hydrogens (tertiary/aromatic N) is 3. The zero-order chi connectivity index (χ0) is 13.8. The van der Waals surface area contributed by atoms with Gasteiger partial charge >= 0.3 is 0 Å². The summed E-state index contributed by atoms with van der Waals surface area (Å²) in [4.78, 5) is 11.4. The molecule has 0 aliphatic rings. The van der Waals surface area contributed by atoms with Gasteiger partial charge in [0.2, 0.25) is 0 Å². The molecular weight excluding hydrogens is 256 g/mol. The van der Waals surface area contributed by atoms with Crippen LogP contribution in [0.25, 0.3) is 10.9 Å². The molecule has 0 aliphatic carbocycles. The first-order valence-corrected chi connectivity index (χ1v) is 6.78. The van der Waals surface area contributed by atoms with Gasteiger partial charge in [0.05, 0.1) is 10.5 Å². The maximum absolute atomic E-state index is 5.70. The average Bonchev–Trinajstić information content (AvgIpc) is 2.44. The molecule has 1 unspecified atom stereocenters. The maximum atomic E-state index is 5.70. The molecule has 0 saturated heterocycles. The van der Waals surface area contributed by atoms with Crippen molar-refractivity contribution in [3.05, 3.63) is 30.6 Å². The molecule has 0 radical (unpaired) electrons. The molecule has 0 fully saturated rings. The number of benzene rings is 1. The molecule has 0 amide bonds. The second-order valence-corrected chi connectivity index (χ2v) is 5.03. The van der Waals surface area contributed by atoms with Gasteiger partial charge in [-0.05, 0) is 19.1 Å². The zero-order valence-corrected chi connectivity index (χ0v) is 12.0. The Morgan fingerprint density at radius 3 is 2.79 bits per heavy atom. The number of hydrogen-bond acceptors (Lipinski definition) is 4. The van der Waals surface area contributed by atoms with Gasteiger partial charge in [-0.15, -0.1) is 0 Å². The van der Waals surface area contributed by atoms with Crippen LogP contribution < -0.4 is 10.6 Å². The van der Waals surface area contributed by atoms with Crippen LogP contribution in [0.1, 0.15) is 13.8 Å². The Morgan fingerprint density at radius 1 is 1.37 bits per heavy atom. The van der Waals surface area contributed by atoms with E-state index in [0.29, 0.717) is 4.99 Å². The third-order valence-electron chi connectivity index (χ3n) is 3.18. The second kappa shape index (κ2) is 5.93. The minimum atomic E-state index is 0.156. The number of aromatic nitrogens is 2. The van der Waals surface area contributed by atoms with Gasteiger partial charge in [0.25, 0.3) is 0 Å². The monoisotopic (exact) mass is 274 g/mol. The highest BCUT2D eigenvalue weighted by Crippen LogP contribution is 2.23. The largest absolute Gasteiger partial charge is 0.393 e. The van der Waals surface area contributed by atoms with E-state index >= 15 is 0 Å². The summed E-state index contributed by atoms with van der Waals surface area (Å²) in [5.74, 6) is 1.10. The van der Waals surface area contributed by atoms with E-state index in [1.807, 2.05) is 31.2 Å². The lowest BCUT2D eigenvalue weighted by molar-refractivity contribution is 0.701. The fourth-order valence-corrected chi connectivity index (χ4v) is 2.10. The van der Waals surface area contributed by atoms with E-state index in [9.17, 15) is 0 Å². The maximum Gasteiger partial charge on any atom is 0.139 e. The molecule has 0 bridgehead atoms. The van der Waals surface area contributed by atoms with Crippen LogP contribution in [0.4, 0.5) is 5.82 Å². The van der Waals surface area contributed by atoms with Gasteiger partial charge in [0.15, 0.2) is 0 Å². The molecular formula is C14H18N4S. The average molecular weight is 274 g/mol. The SMILES string of the molecule is CCN(CC(C)C(N)=S)c1ncnc2ccccc12. The van der Waals surface area contributed by atoms with Gasteiger partial charge in [-0.2, -0.15) is 0 Å². The zero-order valence-electron chi connectivity index (χ0n) is 11.2. The normalized spacial score (nSPS) is 12.3. The van der Waals surface area contributed by atoms with Crippen LogP contribution >= 0.6 is 12.2 Å². The van der Waals surface area contributed by atoms with Gasteiger partial charge < -0.3 is 10.6 Å². The third-order valence-corrected chi connectivity index (χ3v) is 3.59. The Labute approximate surface area is 118 Å². The van der Waals surface area contributed by atoms with Crippen molar-refractivity contribution in [1.82, 2.24) is 9.97 Å². The summed E-state index contributed by atoms with van der Waals surface area (Å²) in [7, 11) is 0. The minimum Gasteiger partial charge on any atom is -0.393 e. The molecule has 5 heteroatoms. The van der Waals surface area contributed by atoms with Crippen molar-refractivity contribution in [2.75, 3.05) is 18.0 Å². The molecule has 4 nitrogen and oxygen atoms in total. The van der Waals surface area contributed by atoms with Crippen molar-refractivity contribution in [1.29, 1.82) is 0 Å². The summed E-state index contributed by atoms with van der Waals surface area (Å²) >= 11 is 5.05. The smallest absolute Gasteiger partial charge is 0.139 e. The first kappa shape index (κ1) is 13.7. The molecule has 1 heterocycles. The summed E-state index contributed by atoms with van der Waals surface area (Å²) in [6, 6.07) is 8.01. The van der Waals surface area contributed by atoms with Crippen LogP contribution in [-0.4, -0.2) is 28.0 Å². The molecule has 0 saturated carbocycles. The fraction of sp³-hybridized carbons (Fsp3) is 0.357. The first-order chi connectivity index (χ1) is 9.13. The lowest BCUT2D eigenvalue weighted by Gasteiger charge is -2.26. The Morgan fingerprint density at radius 2 is 2.11 bits per heavy atom. The van der Waals surface area contributed by atoms with Crippen LogP contribution in [0, 0.1) is 5.92 Å². The lowest BCUT2D eigenvalue weighted by atomic mass is 10.1. The minimum absolute atomic E-state index is 0.156. The van der Waals surface area contributed by atoms with E-state index in [1.165, 1.54) is 0 Å². The standard InChI is InChI=1S/C14H18N4S/c1-3-18(8-10(2)13(15)19)14-11-6-4-5-7-12(11)16-9-17-14/h4-7,9-10H,3,8H2,1-2H3,(H2,15,19). The molecule has 1 aromatic heterocycles. The highest BCUT2D eigenvalue weighted by atomic mass is 32.1. The lowest BCUT2D eigenvalue weighted by Crippen LogP contribution is -2.34. The summed E-state index contributed by atoms with van der Waals surface area (Å²) < 4.78 is 0. The molecule has 100 valence electrons. The molecule has 1 aromatic carbocycles. The van der Waals surface area contributed by atoms with Gasteiger partial charge in [-0.3, -0.25) is 0 Å². The van der Waals surface area contributed by atoms with E-state index in [4.69, 9.17) is 18.0 Å². The van der Waals surface area contributed by atoms with Gasteiger partial charge in [-0.1, -0.05) is 31.3 Å². The number of thiocarbonyl (C=S) groups is 1. The van der Waals surface area contributed by atoms with Gasteiger partial charge in [-0.25, -0.2) is 9.97 Å². The topological polar surface area (TPSA) is 55.0 Å². The summed E-state index contributed by atoms with van der Waals surface area (Å²) in [6.07, 6.45) is 1.60. The quantitative estimate of drug-likeness (QED) is 0.848. The second-order valence-electron chi connectivity index (χ2n) is 4.56. The van der Waals surface area contributed by atoms with Crippen molar-refractivity contribution < 1.29 is 0 Å². The predicted octanol–water partition coefficient (Wildman–Crippen LogP) is 2.38. The molecule has 2 aromatic rings. The highest BCUT2D eigenvalue weighted by Gasteiger charge is 2.15. The Balaban J connectivity index is 2.38. The molecule has 0 spiro atoms. The third kappa shape index (κ3) is 2.98. The van der Waals surface area contributed by atoms with Crippen molar-refractivity contribution >= 4 is 33.9 Å². The summed E-state index contributed by atoms with van der Waals surface area (Å²) in [5, 5.41) is 1.06. The molecule has 2 N–H and O–H groups in total. The van der Waals surface area contributed by atoms with Crippen molar-refractivity contribution in [3.63, 3.8) is 0 Å². The molecule has 2 rings (SSSR count). The van der Waals surface area contributed by atoms with Crippen LogP contribution in [0.2, 0.25) is 0 Å². The summed E-state index contributed by atoms with van der Waals surface area (Å²) in [5.41, 5.74) is 6.65. The van der Waals surface area contributed by atoms with Crippen LogP contribution in [0.15, 0.2) is 30.6 Å². The first-order valence-electron chi connectivity index (χ1n) is 6.37. The van der Waals surface area contributed by atoms with Crippen molar-refractivity contribution in [2.45, 2.75) is 13.8 Å². The molecule has 0 aliphatic heterocycles. The van der Waals surface area contributed by atoms with Crippen molar-refractivity contribution in [3.8, 4) is 0 Å². The number of hydrogen-bond donors (Lipinski definition) is 1. The summed E-state index contributed by atoms with van der Waals surface area (Å²) in [6.45, 7) is 5.76. The Kier molecular flexibility index (Phi) is 4.27. The fourth-order valence-electron chi connectivity index (χ4n) is 2.03. The van der Waals surface area contributed by atoms with E-state index < -0.39 is 0 Å². The molecule has 19 heavy (non-hydrogen) atoms. The number of nitrogens with two attached hydrogens (primary N) is 1. The molecule has 1 atom stereocenters. The Bertz CT molecular complexity index is 579. The number of fused-ring (bicyclic) bond motifs is 1. The number of para-hydroxylation sites is 1. The highest BCUT2D eigenvalue weighted by molar-refractivity contribution is 7.80. The van der Waals surface area contributed by atoms with E-state index in [1.54, 1.807) is 6.33 Å². The number of anilines is 1. The van der Waals surface area contributed by atoms with Crippen LogP contribution in [-0.2, 0) is 0 Å². The van der Waals surface area contributed by atoms with Crippen molar-refractivity contribution in [2.24, 2.45) is 11.7 Å². The van der Waals surface area contributed by atoms with Crippen LogP contribution in [0.3, 0.4) is 0 Å². The van der Waals surface area contributed by atoms with Crippen LogP contribution in [0.5, 0.6) is 0 Å². The predicted molar refractivity (Wildman–Crippen MR) is 83.4 cm³/mol. The van der Waals surface area contributed by atoms with E-state index in [0.717, 1.165) is 29.8 Å². The Hall–Kier alpha value is -1.75. The number of rotatable bonds is 5. The van der Waals surface area contributed by atoms with Gasteiger partial charge in [0.1, 0.15) is 12.1 Å².